The fourth-order valence-corrected chi connectivity index (χ4v) is 2.43. The molecule has 0 aromatic heterocycles. The minimum atomic E-state index is -4.75. The van der Waals surface area contributed by atoms with Crippen molar-refractivity contribution in [3.63, 3.8) is 0 Å². The number of hydrogen-bond acceptors (Lipinski definition) is 5. The summed E-state index contributed by atoms with van der Waals surface area (Å²) < 4.78 is 40.0. The summed E-state index contributed by atoms with van der Waals surface area (Å²) in [6, 6.07) is 4.91. The Hall–Kier alpha value is -2.33. The van der Waals surface area contributed by atoms with Crippen molar-refractivity contribution in [2.24, 2.45) is 5.73 Å². The quantitative estimate of drug-likeness (QED) is 0.804. The molecule has 138 valence electrons. The topological polar surface area (TPSA) is 87.9 Å². The van der Waals surface area contributed by atoms with Gasteiger partial charge in [-0.15, -0.1) is 13.2 Å². The van der Waals surface area contributed by atoms with E-state index in [9.17, 15) is 22.8 Å². The normalized spacial score (nSPS) is 15.8. The second kappa shape index (κ2) is 8.17. The Morgan fingerprint density at radius 2 is 1.72 bits per heavy atom. The van der Waals surface area contributed by atoms with E-state index in [0.717, 1.165) is 12.1 Å². The van der Waals surface area contributed by atoms with E-state index in [4.69, 9.17) is 5.73 Å². The third-order valence-corrected chi connectivity index (χ3v) is 3.64. The van der Waals surface area contributed by atoms with Crippen molar-refractivity contribution in [1.82, 2.24) is 9.80 Å². The summed E-state index contributed by atoms with van der Waals surface area (Å²) in [4.78, 5) is 27.0. The summed E-state index contributed by atoms with van der Waals surface area (Å²) in [7, 11) is 0. The maximum absolute atomic E-state index is 12.1. The number of benzene rings is 1. The first-order valence-corrected chi connectivity index (χ1v) is 7.62. The fourth-order valence-electron chi connectivity index (χ4n) is 2.43. The predicted octanol–water partition coefficient (Wildman–Crippen LogP) is 0.627. The molecule has 1 aromatic carbocycles. The minimum absolute atomic E-state index is 0.0332. The largest absolute Gasteiger partial charge is 0.573 e. The van der Waals surface area contributed by atoms with Gasteiger partial charge in [0.15, 0.2) is 0 Å². The third-order valence-electron chi connectivity index (χ3n) is 3.64. The van der Waals surface area contributed by atoms with Gasteiger partial charge in [-0.3, -0.25) is 14.5 Å². The van der Waals surface area contributed by atoms with Gasteiger partial charge in [0.05, 0.1) is 13.1 Å². The van der Waals surface area contributed by atoms with Crippen LogP contribution in [0.15, 0.2) is 24.3 Å². The van der Waals surface area contributed by atoms with Crippen molar-refractivity contribution in [3.8, 4) is 5.75 Å². The van der Waals surface area contributed by atoms with Crippen LogP contribution in [-0.4, -0.2) is 67.2 Å². The number of carbonyl (C=O) groups is 2. The molecule has 25 heavy (non-hydrogen) atoms. The van der Waals surface area contributed by atoms with Gasteiger partial charge in [-0.25, -0.2) is 0 Å². The Morgan fingerprint density at radius 1 is 1.12 bits per heavy atom. The molecule has 0 radical (unpaired) electrons. The number of nitrogens with two attached hydrogens (primary N) is 1. The summed E-state index contributed by atoms with van der Waals surface area (Å²) >= 11 is 0. The number of rotatable bonds is 5. The lowest BCUT2D eigenvalue weighted by atomic mass is 10.3. The molecule has 0 unspecified atom stereocenters. The number of carbonyl (C=O) groups excluding carboxylic acids is 2. The zero-order chi connectivity index (χ0) is 18.4. The molecule has 10 heteroatoms. The molecule has 1 aliphatic heterocycles. The number of piperazine rings is 1. The van der Waals surface area contributed by atoms with Crippen molar-refractivity contribution in [2.45, 2.75) is 6.36 Å². The number of hydrogen-bond donors (Lipinski definition) is 2. The first kappa shape index (κ1) is 19.0. The average Bonchev–Trinajstić information content (AvgIpc) is 2.55. The number of alkyl halides is 3. The average molecular weight is 360 g/mol. The van der Waals surface area contributed by atoms with Crippen LogP contribution in [0.3, 0.4) is 0 Å². The molecule has 3 N–H and O–H groups in total. The third kappa shape index (κ3) is 6.24. The molecule has 0 atom stereocenters. The Labute approximate surface area is 142 Å². The van der Waals surface area contributed by atoms with E-state index in [1.165, 1.54) is 12.1 Å². The Bertz CT molecular complexity index is 599. The predicted molar refractivity (Wildman–Crippen MR) is 83.8 cm³/mol. The Kier molecular flexibility index (Phi) is 6.21. The number of ether oxygens (including phenoxy) is 1. The molecule has 1 fully saturated rings. The first-order valence-electron chi connectivity index (χ1n) is 7.62. The Morgan fingerprint density at radius 3 is 2.24 bits per heavy atom. The highest BCUT2D eigenvalue weighted by atomic mass is 19.4. The first-order chi connectivity index (χ1) is 11.8. The second-order valence-electron chi connectivity index (χ2n) is 5.48. The van der Waals surface area contributed by atoms with Gasteiger partial charge in [0.25, 0.3) is 0 Å². The van der Waals surface area contributed by atoms with Crippen LogP contribution in [0, 0.1) is 0 Å². The van der Waals surface area contributed by atoms with Crippen molar-refractivity contribution >= 4 is 17.5 Å². The van der Waals surface area contributed by atoms with Crippen LogP contribution < -0.4 is 15.8 Å². The van der Waals surface area contributed by atoms with E-state index in [-0.39, 0.29) is 30.7 Å². The molecule has 0 spiro atoms. The number of amides is 2. The molecule has 1 aliphatic rings. The lowest BCUT2D eigenvalue weighted by Gasteiger charge is -2.34. The van der Waals surface area contributed by atoms with E-state index in [2.05, 4.69) is 10.1 Å². The summed E-state index contributed by atoms with van der Waals surface area (Å²) in [6.45, 7) is 2.22. The zero-order valence-corrected chi connectivity index (χ0v) is 13.4. The van der Waals surface area contributed by atoms with Crippen LogP contribution in [0.25, 0.3) is 0 Å². The van der Waals surface area contributed by atoms with Gasteiger partial charge in [0.1, 0.15) is 5.75 Å². The van der Waals surface area contributed by atoms with E-state index >= 15 is 0 Å². The fraction of sp³-hybridized carbons (Fsp3) is 0.467. The van der Waals surface area contributed by atoms with Gasteiger partial charge in [-0.1, -0.05) is 0 Å². The number of nitrogens with one attached hydrogen (secondary N) is 1. The van der Waals surface area contributed by atoms with E-state index in [1.807, 2.05) is 4.90 Å². The maximum atomic E-state index is 12.1. The van der Waals surface area contributed by atoms with Crippen LogP contribution in [0.1, 0.15) is 0 Å². The van der Waals surface area contributed by atoms with Crippen LogP contribution in [0.4, 0.5) is 18.9 Å². The van der Waals surface area contributed by atoms with E-state index in [1.54, 1.807) is 4.90 Å². The number of nitrogens with zero attached hydrogens (tertiary/aromatic N) is 2. The molecule has 1 aromatic rings. The molecule has 7 nitrogen and oxygen atoms in total. The molecular weight excluding hydrogens is 341 g/mol. The standard InChI is InChI=1S/C15H19F3N4O3/c16-15(17,18)25-12-3-1-11(2-4-12)20-13(23)10-21-5-7-22(8-6-21)14(24)9-19/h1-4H,5-10,19H2,(H,20,23). The van der Waals surface area contributed by atoms with Gasteiger partial charge in [0.2, 0.25) is 11.8 Å². The molecule has 0 saturated carbocycles. The molecular formula is C15H19F3N4O3. The van der Waals surface area contributed by atoms with Crippen LogP contribution in [0.5, 0.6) is 5.75 Å². The second-order valence-corrected chi connectivity index (χ2v) is 5.48. The molecule has 0 aliphatic carbocycles. The highest BCUT2D eigenvalue weighted by Crippen LogP contribution is 2.23. The maximum Gasteiger partial charge on any atom is 0.573 e. The lowest BCUT2D eigenvalue weighted by Crippen LogP contribution is -2.51. The number of anilines is 1. The van der Waals surface area contributed by atoms with Gasteiger partial charge in [0, 0.05) is 31.9 Å². The highest BCUT2D eigenvalue weighted by molar-refractivity contribution is 5.92. The number of halogens is 3. The summed E-state index contributed by atoms with van der Waals surface area (Å²) in [5.41, 5.74) is 5.68. The summed E-state index contributed by atoms with van der Waals surface area (Å²) in [5, 5.41) is 2.61. The summed E-state index contributed by atoms with van der Waals surface area (Å²) in [6.07, 6.45) is -4.75. The van der Waals surface area contributed by atoms with E-state index < -0.39 is 6.36 Å². The molecule has 2 amide bonds. The zero-order valence-electron chi connectivity index (χ0n) is 13.4. The highest BCUT2D eigenvalue weighted by Gasteiger charge is 2.31. The van der Waals surface area contributed by atoms with Crippen molar-refractivity contribution in [3.05, 3.63) is 24.3 Å². The van der Waals surface area contributed by atoms with E-state index in [0.29, 0.717) is 31.9 Å². The molecule has 1 saturated heterocycles. The van der Waals surface area contributed by atoms with Crippen LogP contribution in [-0.2, 0) is 9.59 Å². The lowest BCUT2D eigenvalue weighted by molar-refractivity contribution is -0.274. The van der Waals surface area contributed by atoms with Crippen LogP contribution in [0.2, 0.25) is 0 Å². The van der Waals surface area contributed by atoms with Gasteiger partial charge in [-0.2, -0.15) is 0 Å². The van der Waals surface area contributed by atoms with Crippen molar-refractivity contribution < 1.29 is 27.5 Å². The van der Waals surface area contributed by atoms with Gasteiger partial charge < -0.3 is 20.7 Å². The van der Waals surface area contributed by atoms with Gasteiger partial charge >= 0.3 is 6.36 Å². The monoisotopic (exact) mass is 360 g/mol. The smallest absolute Gasteiger partial charge is 0.406 e. The minimum Gasteiger partial charge on any atom is -0.406 e. The molecule has 2 rings (SSSR count). The van der Waals surface area contributed by atoms with Crippen LogP contribution >= 0.6 is 0 Å². The van der Waals surface area contributed by atoms with Crippen molar-refractivity contribution in [2.75, 3.05) is 44.6 Å². The van der Waals surface area contributed by atoms with Crippen molar-refractivity contribution in [1.29, 1.82) is 0 Å². The molecule has 0 bridgehead atoms. The molecule has 1 heterocycles. The Balaban J connectivity index is 1.78. The SMILES string of the molecule is NCC(=O)N1CCN(CC(=O)Nc2ccc(OC(F)(F)F)cc2)CC1. The summed E-state index contributed by atoms with van der Waals surface area (Å²) in [5.74, 6) is -0.764. The van der Waals surface area contributed by atoms with Gasteiger partial charge in [-0.05, 0) is 24.3 Å².